The summed E-state index contributed by atoms with van der Waals surface area (Å²) >= 11 is 1.38. The normalized spacial score (nSPS) is 11.9. The van der Waals surface area contributed by atoms with E-state index in [4.69, 9.17) is 4.42 Å². The van der Waals surface area contributed by atoms with Gasteiger partial charge in [-0.25, -0.2) is 5.43 Å². The number of hydrogen-bond acceptors (Lipinski definition) is 4. The Labute approximate surface area is 109 Å². The van der Waals surface area contributed by atoms with Crippen LogP contribution in [0.25, 0.3) is 6.08 Å². The molecule has 92 valence electrons. The second-order valence-electron chi connectivity index (χ2n) is 3.58. The summed E-state index contributed by atoms with van der Waals surface area (Å²) < 4.78 is 5.17. The van der Waals surface area contributed by atoms with E-state index in [-0.39, 0.29) is 5.91 Å². The van der Waals surface area contributed by atoms with Gasteiger partial charge in [-0.15, -0.1) is 11.3 Å². The third-order valence-electron chi connectivity index (χ3n) is 2.09. The Morgan fingerprint density at radius 2 is 2.33 bits per heavy atom. The Morgan fingerprint density at radius 1 is 1.44 bits per heavy atom. The number of carbonyl (C=O) groups excluding carboxylic acids is 1. The van der Waals surface area contributed by atoms with Crippen LogP contribution in [0.3, 0.4) is 0 Å². The van der Waals surface area contributed by atoms with Gasteiger partial charge < -0.3 is 4.42 Å². The van der Waals surface area contributed by atoms with Crippen LogP contribution in [0.2, 0.25) is 0 Å². The van der Waals surface area contributed by atoms with Crippen molar-refractivity contribution in [1.82, 2.24) is 5.43 Å². The van der Waals surface area contributed by atoms with Crippen molar-refractivity contribution in [3.63, 3.8) is 0 Å². The van der Waals surface area contributed by atoms with E-state index >= 15 is 0 Å². The summed E-state index contributed by atoms with van der Waals surface area (Å²) in [4.78, 5) is 12.2. The van der Waals surface area contributed by atoms with Gasteiger partial charge in [0.15, 0.2) is 0 Å². The lowest BCUT2D eigenvalue weighted by Crippen LogP contribution is -2.15. The minimum atomic E-state index is -0.202. The zero-order valence-electron chi connectivity index (χ0n) is 9.79. The Kier molecular flexibility index (Phi) is 4.09. The average molecular weight is 260 g/mol. The number of carbonyl (C=O) groups is 1. The number of amides is 1. The molecule has 4 nitrogen and oxygen atoms in total. The first kappa shape index (κ1) is 12.3. The first-order valence-corrected chi connectivity index (χ1v) is 6.22. The van der Waals surface area contributed by atoms with Crippen LogP contribution in [-0.2, 0) is 0 Å². The largest absolute Gasteiger partial charge is 0.465 e. The molecule has 1 amide bonds. The van der Waals surface area contributed by atoms with Crippen molar-refractivity contribution in [2.45, 2.75) is 6.92 Å². The average Bonchev–Trinajstić information content (AvgIpc) is 3.00. The highest BCUT2D eigenvalue weighted by atomic mass is 32.1. The molecule has 0 bridgehead atoms. The fraction of sp³-hybridized carbons (Fsp3) is 0.0769. The number of allylic oxidation sites excluding steroid dienone is 1. The van der Waals surface area contributed by atoms with Crippen molar-refractivity contribution >= 4 is 29.5 Å². The number of rotatable bonds is 4. The van der Waals surface area contributed by atoms with Crippen LogP contribution in [0.15, 0.2) is 51.0 Å². The van der Waals surface area contributed by atoms with Crippen LogP contribution in [0.5, 0.6) is 0 Å². The number of furan rings is 1. The first-order chi connectivity index (χ1) is 8.75. The number of nitrogens with one attached hydrogen (secondary N) is 1. The van der Waals surface area contributed by atoms with Crippen LogP contribution in [0.4, 0.5) is 0 Å². The minimum Gasteiger partial charge on any atom is -0.465 e. The summed E-state index contributed by atoms with van der Waals surface area (Å²) in [6.45, 7) is 1.88. The van der Waals surface area contributed by atoms with Gasteiger partial charge in [-0.3, -0.25) is 4.79 Å². The molecule has 0 aromatic carbocycles. The topological polar surface area (TPSA) is 54.6 Å². The van der Waals surface area contributed by atoms with Crippen LogP contribution < -0.4 is 5.43 Å². The number of hydrazone groups is 1. The SMILES string of the molecule is CC(=Cc1ccco1)/C=N\NC(=O)c1cccs1. The molecule has 0 aliphatic heterocycles. The molecule has 2 rings (SSSR count). The summed E-state index contributed by atoms with van der Waals surface area (Å²) in [5.41, 5.74) is 3.35. The summed E-state index contributed by atoms with van der Waals surface area (Å²) in [6, 6.07) is 7.24. The lowest BCUT2D eigenvalue weighted by atomic mass is 10.3. The molecule has 0 fully saturated rings. The van der Waals surface area contributed by atoms with Crippen molar-refractivity contribution < 1.29 is 9.21 Å². The predicted octanol–water partition coefficient (Wildman–Crippen LogP) is 3.16. The second-order valence-corrected chi connectivity index (χ2v) is 4.53. The van der Waals surface area contributed by atoms with Gasteiger partial charge in [-0.05, 0) is 42.2 Å². The quantitative estimate of drug-likeness (QED) is 0.678. The van der Waals surface area contributed by atoms with E-state index in [1.165, 1.54) is 11.3 Å². The zero-order chi connectivity index (χ0) is 12.8. The summed E-state index contributed by atoms with van der Waals surface area (Å²) in [6.07, 6.45) is 5.02. The molecule has 0 saturated carbocycles. The number of hydrogen-bond donors (Lipinski definition) is 1. The van der Waals surface area contributed by atoms with E-state index in [9.17, 15) is 4.79 Å². The Hall–Kier alpha value is -2.14. The van der Waals surface area contributed by atoms with Gasteiger partial charge in [-0.1, -0.05) is 6.07 Å². The molecular weight excluding hydrogens is 248 g/mol. The Bertz CT molecular complexity index is 554. The van der Waals surface area contributed by atoms with E-state index in [2.05, 4.69) is 10.5 Å². The van der Waals surface area contributed by atoms with Gasteiger partial charge in [0.1, 0.15) is 5.76 Å². The molecule has 2 aromatic rings. The van der Waals surface area contributed by atoms with Crippen molar-refractivity contribution in [2.24, 2.45) is 5.10 Å². The van der Waals surface area contributed by atoms with E-state index in [0.29, 0.717) is 4.88 Å². The molecule has 5 heteroatoms. The molecule has 0 radical (unpaired) electrons. The van der Waals surface area contributed by atoms with Gasteiger partial charge in [0, 0.05) is 0 Å². The van der Waals surface area contributed by atoms with E-state index in [0.717, 1.165) is 11.3 Å². The maximum atomic E-state index is 11.6. The van der Waals surface area contributed by atoms with Gasteiger partial charge in [0.2, 0.25) is 0 Å². The third-order valence-corrected chi connectivity index (χ3v) is 2.96. The van der Waals surface area contributed by atoms with E-state index in [1.807, 2.05) is 36.6 Å². The van der Waals surface area contributed by atoms with Gasteiger partial charge >= 0.3 is 0 Å². The minimum absolute atomic E-state index is 0.202. The number of nitrogens with zero attached hydrogens (tertiary/aromatic N) is 1. The second kappa shape index (κ2) is 5.97. The summed E-state index contributed by atoms with van der Waals surface area (Å²) in [5.74, 6) is 0.551. The van der Waals surface area contributed by atoms with Gasteiger partial charge in [0.25, 0.3) is 5.91 Å². The Morgan fingerprint density at radius 3 is 3.00 bits per heavy atom. The molecule has 0 aliphatic carbocycles. The summed E-state index contributed by atoms with van der Waals surface area (Å²) in [7, 11) is 0. The van der Waals surface area contributed by atoms with E-state index < -0.39 is 0 Å². The molecule has 2 aromatic heterocycles. The van der Waals surface area contributed by atoms with Crippen molar-refractivity contribution in [3.8, 4) is 0 Å². The lowest BCUT2D eigenvalue weighted by molar-refractivity contribution is 0.0959. The van der Waals surface area contributed by atoms with E-state index in [1.54, 1.807) is 18.5 Å². The maximum absolute atomic E-state index is 11.6. The van der Waals surface area contributed by atoms with Crippen LogP contribution in [0, 0.1) is 0 Å². The highest BCUT2D eigenvalue weighted by Gasteiger charge is 2.03. The fourth-order valence-corrected chi connectivity index (χ4v) is 1.90. The maximum Gasteiger partial charge on any atom is 0.281 e. The highest BCUT2D eigenvalue weighted by molar-refractivity contribution is 7.12. The number of thiophene rings is 1. The lowest BCUT2D eigenvalue weighted by Gasteiger charge is -1.95. The predicted molar refractivity (Wildman–Crippen MR) is 72.6 cm³/mol. The molecule has 0 atom stereocenters. The summed E-state index contributed by atoms with van der Waals surface area (Å²) in [5, 5.41) is 5.73. The molecule has 0 aliphatic rings. The Balaban J connectivity index is 1.90. The van der Waals surface area contributed by atoms with Crippen molar-refractivity contribution in [3.05, 3.63) is 52.1 Å². The monoisotopic (exact) mass is 260 g/mol. The van der Waals surface area contributed by atoms with Crippen LogP contribution >= 0.6 is 11.3 Å². The molecule has 2 heterocycles. The molecule has 18 heavy (non-hydrogen) atoms. The molecule has 0 spiro atoms. The molecular formula is C13H12N2O2S. The van der Waals surface area contributed by atoms with Crippen LogP contribution in [0.1, 0.15) is 22.4 Å². The van der Waals surface area contributed by atoms with Gasteiger partial charge in [0.05, 0.1) is 17.4 Å². The third kappa shape index (κ3) is 3.43. The smallest absolute Gasteiger partial charge is 0.281 e. The first-order valence-electron chi connectivity index (χ1n) is 5.34. The molecule has 1 N–H and O–H groups in total. The van der Waals surface area contributed by atoms with Crippen LogP contribution in [-0.4, -0.2) is 12.1 Å². The standard InChI is InChI=1S/C13H12N2O2S/c1-10(8-11-4-2-6-17-11)9-14-15-13(16)12-5-3-7-18-12/h2-9H,1H3,(H,15,16)/b10-8?,14-9-. The van der Waals surface area contributed by atoms with Crippen molar-refractivity contribution in [2.75, 3.05) is 0 Å². The van der Waals surface area contributed by atoms with Gasteiger partial charge in [-0.2, -0.15) is 5.10 Å². The zero-order valence-corrected chi connectivity index (χ0v) is 10.6. The molecule has 0 saturated heterocycles. The highest BCUT2D eigenvalue weighted by Crippen LogP contribution is 2.08. The van der Waals surface area contributed by atoms with Crippen molar-refractivity contribution in [1.29, 1.82) is 0 Å². The molecule has 0 unspecified atom stereocenters. The fourth-order valence-electron chi connectivity index (χ4n) is 1.29.